The van der Waals surface area contributed by atoms with Crippen LogP contribution in [0.25, 0.3) is 0 Å². The van der Waals surface area contributed by atoms with Crippen LogP contribution in [0.1, 0.15) is 25.7 Å². The molecule has 2 aliphatic rings. The fraction of sp³-hybridized carbons (Fsp3) is 0.600. The number of nitrogens with one attached hydrogen (secondary N) is 1. The summed E-state index contributed by atoms with van der Waals surface area (Å²) in [5.74, 6) is -0.650. The molecular weight excluding hydrogens is 309 g/mol. The number of sulfonamides is 1. The van der Waals surface area contributed by atoms with E-state index in [1.807, 2.05) is 0 Å². The fourth-order valence-electron chi connectivity index (χ4n) is 3.33. The van der Waals surface area contributed by atoms with Gasteiger partial charge in [-0.15, -0.1) is 0 Å². The molecule has 3 rings (SSSR count). The van der Waals surface area contributed by atoms with E-state index < -0.39 is 15.8 Å². The molecule has 0 radical (unpaired) electrons. The Morgan fingerprint density at radius 2 is 2.05 bits per heavy atom. The summed E-state index contributed by atoms with van der Waals surface area (Å²) in [6, 6.07) is 3.59. The molecule has 122 valence electrons. The Labute approximate surface area is 129 Å². The van der Waals surface area contributed by atoms with Crippen molar-refractivity contribution in [2.45, 2.75) is 36.6 Å². The van der Waals surface area contributed by atoms with Gasteiger partial charge in [0.1, 0.15) is 0 Å². The molecule has 5 nitrogen and oxygen atoms in total. The van der Waals surface area contributed by atoms with E-state index in [1.165, 1.54) is 19.2 Å². The lowest BCUT2D eigenvalue weighted by atomic mass is 9.60. The van der Waals surface area contributed by atoms with Gasteiger partial charge in [-0.25, -0.2) is 17.5 Å². The molecule has 0 aromatic heterocycles. The van der Waals surface area contributed by atoms with E-state index in [0.29, 0.717) is 13.2 Å². The minimum absolute atomic E-state index is 0.0103. The maximum Gasteiger partial charge on any atom is 0.240 e. The highest BCUT2D eigenvalue weighted by Crippen LogP contribution is 2.49. The van der Waals surface area contributed by atoms with Crippen LogP contribution in [0.5, 0.6) is 5.75 Å². The van der Waals surface area contributed by atoms with E-state index in [9.17, 15) is 12.8 Å². The monoisotopic (exact) mass is 329 g/mol. The first-order valence-corrected chi connectivity index (χ1v) is 8.89. The summed E-state index contributed by atoms with van der Waals surface area (Å²) in [6.45, 7) is 1.35. The number of hydrogen-bond acceptors (Lipinski definition) is 4. The Balaban J connectivity index is 1.77. The Hall–Kier alpha value is -1.18. The molecule has 1 saturated heterocycles. The molecule has 1 aliphatic heterocycles. The van der Waals surface area contributed by atoms with Crippen molar-refractivity contribution in [1.82, 2.24) is 4.72 Å². The highest BCUT2D eigenvalue weighted by Gasteiger charge is 2.48. The molecular formula is C15H20FNO4S. The maximum absolute atomic E-state index is 13.7. The van der Waals surface area contributed by atoms with Crippen LogP contribution in [-0.2, 0) is 14.8 Å². The molecule has 1 unspecified atom stereocenters. The highest BCUT2D eigenvalue weighted by molar-refractivity contribution is 7.89. The van der Waals surface area contributed by atoms with Gasteiger partial charge in [0.25, 0.3) is 0 Å². The average Bonchev–Trinajstić information content (AvgIpc) is 2.52. The van der Waals surface area contributed by atoms with Gasteiger partial charge in [0.15, 0.2) is 11.6 Å². The molecule has 1 atom stereocenters. The summed E-state index contributed by atoms with van der Waals surface area (Å²) in [7, 11) is -2.39. The van der Waals surface area contributed by atoms with Crippen LogP contribution in [0, 0.1) is 11.2 Å². The van der Waals surface area contributed by atoms with Crippen LogP contribution in [0.3, 0.4) is 0 Å². The zero-order chi connectivity index (χ0) is 15.8. The molecule has 1 aliphatic carbocycles. The second-order valence-corrected chi connectivity index (χ2v) is 7.70. The summed E-state index contributed by atoms with van der Waals surface area (Å²) in [5, 5.41) is 0. The van der Waals surface area contributed by atoms with E-state index in [4.69, 9.17) is 9.47 Å². The highest BCUT2D eigenvalue weighted by atomic mass is 32.2. The van der Waals surface area contributed by atoms with Crippen LogP contribution in [0.4, 0.5) is 4.39 Å². The van der Waals surface area contributed by atoms with Crippen LogP contribution in [0.2, 0.25) is 0 Å². The number of rotatable bonds is 4. The predicted octanol–water partition coefficient (Wildman–Crippen LogP) is 2.07. The minimum Gasteiger partial charge on any atom is -0.494 e. The number of benzene rings is 1. The zero-order valence-electron chi connectivity index (χ0n) is 12.5. The van der Waals surface area contributed by atoms with Crippen molar-refractivity contribution >= 4 is 10.0 Å². The van der Waals surface area contributed by atoms with Crippen LogP contribution in [-0.4, -0.2) is 34.8 Å². The van der Waals surface area contributed by atoms with Crippen LogP contribution >= 0.6 is 0 Å². The van der Waals surface area contributed by atoms with E-state index in [0.717, 1.165) is 31.7 Å². The van der Waals surface area contributed by atoms with E-state index in [2.05, 4.69) is 4.72 Å². The predicted molar refractivity (Wildman–Crippen MR) is 78.8 cm³/mol. The lowest BCUT2D eigenvalue weighted by Crippen LogP contribution is -2.57. The third-order valence-electron chi connectivity index (χ3n) is 4.89. The van der Waals surface area contributed by atoms with Gasteiger partial charge in [-0.1, -0.05) is 0 Å². The first kappa shape index (κ1) is 15.7. The van der Waals surface area contributed by atoms with Gasteiger partial charge >= 0.3 is 0 Å². The number of ether oxygens (including phenoxy) is 2. The molecule has 7 heteroatoms. The molecule has 1 aromatic rings. The van der Waals surface area contributed by atoms with Gasteiger partial charge in [0.05, 0.1) is 12.0 Å². The SMILES string of the molecule is COc1ccc(S(=O)(=O)NC2CCC23CCOCC3)cc1F. The minimum atomic E-state index is -3.73. The summed E-state index contributed by atoms with van der Waals surface area (Å²) in [6.07, 6.45) is 3.58. The Kier molecular flexibility index (Phi) is 4.13. The first-order chi connectivity index (χ1) is 10.5. The summed E-state index contributed by atoms with van der Waals surface area (Å²) >= 11 is 0. The van der Waals surface area contributed by atoms with Gasteiger partial charge in [-0.3, -0.25) is 0 Å². The molecule has 1 heterocycles. The van der Waals surface area contributed by atoms with Crippen molar-refractivity contribution in [3.8, 4) is 5.75 Å². The smallest absolute Gasteiger partial charge is 0.240 e. The Morgan fingerprint density at radius 1 is 1.32 bits per heavy atom. The molecule has 1 N–H and O–H groups in total. The summed E-state index contributed by atoms with van der Waals surface area (Å²) in [5.41, 5.74) is 0.0103. The van der Waals surface area contributed by atoms with Gasteiger partial charge < -0.3 is 9.47 Å². The molecule has 1 aromatic carbocycles. The lowest BCUT2D eigenvalue weighted by Gasteiger charge is -2.51. The Bertz CT molecular complexity index is 656. The second kappa shape index (κ2) is 5.79. The molecule has 2 fully saturated rings. The zero-order valence-corrected chi connectivity index (χ0v) is 13.3. The quantitative estimate of drug-likeness (QED) is 0.918. The van der Waals surface area contributed by atoms with Gasteiger partial charge in [-0.05, 0) is 49.3 Å². The standard InChI is InChI=1S/C15H20FNO4S/c1-20-13-3-2-11(10-12(13)16)22(18,19)17-14-4-5-15(14)6-8-21-9-7-15/h2-3,10,14,17H,4-9H2,1H3. The molecule has 1 saturated carbocycles. The Morgan fingerprint density at radius 3 is 2.59 bits per heavy atom. The third kappa shape index (κ3) is 2.73. The van der Waals surface area contributed by atoms with Crippen molar-refractivity contribution in [1.29, 1.82) is 0 Å². The third-order valence-corrected chi connectivity index (χ3v) is 6.36. The summed E-state index contributed by atoms with van der Waals surface area (Å²) < 4.78 is 51.6. The van der Waals surface area contributed by atoms with Crippen LogP contribution < -0.4 is 9.46 Å². The number of hydrogen-bond donors (Lipinski definition) is 1. The van der Waals surface area contributed by atoms with Crippen molar-refractivity contribution in [2.75, 3.05) is 20.3 Å². The van der Waals surface area contributed by atoms with E-state index in [-0.39, 0.29) is 22.1 Å². The molecule has 0 bridgehead atoms. The first-order valence-electron chi connectivity index (χ1n) is 7.40. The van der Waals surface area contributed by atoms with Crippen molar-refractivity contribution in [2.24, 2.45) is 5.41 Å². The van der Waals surface area contributed by atoms with Gasteiger partial charge in [0, 0.05) is 19.3 Å². The van der Waals surface area contributed by atoms with E-state index in [1.54, 1.807) is 0 Å². The van der Waals surface area contributed by atoms with E-state index >= 15 is 0 Å². The fourth-order valence-corrected chi connectivity index (χ4v) is 4.71. The number of methoxy groups -OCH3 is 1. The topological polar surface area (TPSA) is 64.6 Å². The van der Waals surface area contributed by atoms with Crippen molar-refractivity contribution in [3.63, 3.8) is 0 Å². The maximum atomic E-state index is 13.7. The average molecular weight is 329 g/mol. The molecule has 0 amide bonds. The number of halogens is 1. The van der Waals surface area contributed by atoms with Crippen LogP contribution in [0.15, 0.2) is 23.1 Å². The normalized spacial score (nSPS) is 24.0. The van der Waals surface area contributed by atoms with Gasteiger partial charge in [0.2, 0.25) is 10.0 Å². The van der Waals surface area contributed by atoms with Crippen molar-refractivity contribution in [3.05, 3.63) is 24.0 Å². The summed E-state index contributed by atoms with van der Waals surface area (Å²) in [4.78, 5) is -0.0695. The molecule has 22 heavy (non-hydrogen) atoms. The van der Waals surface area contributed by atoms with Crippen molar-refractivity contribution < 1.29 is 22.3 Å². The second-order valence-electron chi connectivity index (χ2n) is 5.98. The largest absolute Gasteiger partial charge is 0.494 e. The molecule has 1 spiro atoms. The lowest BCUT2D eigenvalue weighted by molar-refractivity contribution is -0.0483. The van der Waals surface area contributed by atoms with Gasteiger partial charge in [-0.2, -0.15) is 0 Å².